The van der Waals surface area contributed by atoms with E-state index in [-0.39, 0.29) is 35.3 Å². The van der Waals surface area contributed by atoms with E-state index < -0.39 is 0 Å². The SMILES string of the molecule is CCc1cc(C=CC(=O)c2ccc(N)cc2)c(OC(C)C)cc1O.Cc1cc(C=CC(=O)c2ccc(N)cc2)c(OC(C)C)cc1O. The molecule has 8 heteroatoms. The van der Waals surface area contributed by atoms with Gasteiger partial charge in [0.2, 0.25) is 0 Å². The fourth-order valence-electron chi connectivity index (χ4n) is 4.41. The van der Waals surface area contributed by atoms with E-state index in [1.807, 2.05) is 40.7 Å². The Morgan fingerprint density at radius 2 is 1.09 bits per heavy atom. The van der Waals surface area contributed by atoms with Crippen LogP contribution in [-0.4, -0.2) is 34.0 Å². The second-order valence-electron chi connectivity index (χ2n) is 11.5. The van der Waals surface area contributed by atoms with Crippen molar-refractivity contribution in [1.82, 2.24) is 0 Å². The first-order chi connectivity index (χ1) is 22.3. The number of rotatable bonds is 11. The van der Waals surface area contributed by atoms with Crippen molar-refractivity contribution in [3.63, 3.8) is 0 Å². The summed E-state index contributed by atoms with van der Waals surface area (Å²) in [4.78, 5) is 24.5. The maximum absolute atomic E-state index is 12.3. The first-order valence-corrected chi connectivity index (χ1v) is 15.5. The zero-order valence-electron chi connectivity index (χ0n) is 27.8. The zero-order valence-corrected chi connectivity index (χ0v) is 27.8. The van der Waals surface area contributed by atoms with Gasteiger partial charge in [0.05, 0.1) is 12.2 Å². The number of anilines is 2. The van der Waals surface area contributed by atoms with Gasteiger partial charge in [-0.25, -0.2) is 0 Å². The number of phenolic OH excluding ortho intramolecular Hbond substituents is 2. The third kappa shape index (κ3) is 10.8. The number of hydrogen-bond acceptors (Lipinski definition) is 8. The van der Waals surface area contributed by atoms with Gasteiger partial charge in [-0.05, 0) is 137 Å². The fourth-order valence-corrected chi connectivity index (χ4v) is 4.41. The van der Waals surface area contributed by atoms with Gasteiger partial charge in [-0.1, -0.05) is 6.92 Å². The van der Waals surface area contributed by atoms with Crippen LogP contribution in [0.2, 0.25) is 0 Å². The van der Waals surface area contributed by atoms with Crippen LogP contribution in [-0.2, 0) is 6.42 Å². The molecule has 0 amide bonds. The van der Waals surface area contributed by atoms with Crippen molar-refractivity contribution in [3.05, 3.63) is 118 Å². The quantitative estimate of drug-likeness (QED) is 0.0733. The standard InChI is InChI=1S/C20H23NO3.C19H21NO3/c1-4-14-11-16(20(12-19(14)23)24-13(2)3)7-10-18(22)15-5-8-17(21)9-6-15;1-12(2)23-19-11-18(22)13(3)10-15(19)6-9-17(21)14-4-7-16(20)8-5-14/h5-13,23H,4,21H2,1-3H3;4-12,22H,20H2,1-3H3. The van der Waals surface area contributed by atoms with Gasteiger partial charge < -0.3 is 31.2 Å². The second-order valence-corrected chi connectivity index (χ2v) is 11.5. The van der Waals surface area contributed by atoms with Crippen LogP contribution in [0.1, 0.15) is 77.6 Å². The fraction of sp³-hybridized carbons (Fsp3) is 0.231. The third-order valence-corrected chi connectivity index (χ3v) is 6.86. The van der Waals surface area contributed by atoms with Crippen molar-refractivity contribution in [2.45, 2.75) is 60.2 Å². The molecule has 0 spiro atoms. The van der Waals surface area contributed by atoms with Crippen molar-refractivity contribution >= 4 is 35.1 Å². The molecular formula is C39H44N2O6. The summed E-state index contributed by atoms with van der Waals surface area (Å²) in [6, 6.07) is 20.4. The highest BCUT2D eigenvalue weighted by molar-refractivity contribution is 6.07. The average molecular weight is 637 g/mol. The second kappa shape index (κ2) is 16.7. The molecule has 0 atom stereocenters. The van der Waals surface area contributed by atoms with Crippen molar-refractivity contribution in [3.8, 4) is 23.0 Å². The summed E-state index contributed by atoms with van der Waals surface area (Å²) in [5, 5.41) is 19.9. The summed E-state index contributed by atoms with van der Waals surface area (Å²) in [5.41, 5.74) is 16.7. The summed E-state index contributed by atoms with van der Waals surface area (Å²) in [5.74, 6) is 1.24. The number of hydrogen-bond donors (Lipinski definition) is 4. The lowest BCUT2D eigenvalue weighted by Gasteiger charge is -2.14. The minimum absolute atomic E-state index is 0.0305. The van der Waals surface area contributed by atoms with Crippen molar-refractivity contribution < 1.29 is 29.3 Å². The number of carbonyl (C=O) groups excluding carboxylic acids is 2. The molecule has 47 heavy (non-hydrogen) atoms. The molecule has 0 unspecified atom stereocenters. The van der Waals surface area contributed by atoms with Crippen LogP contribution in [0, 0.1) is 6.92 Å². The lowest BCUT2D eigenvalue weighted by atomic mass is 10.0. The number of nitrogens with two attached hydrogens (primary N) is 2. The van der Waals surface area contributed by atoms with Crippen LogP contribution >= 0.6 is 0 Å². The molecule has 8 nitrogen and oxygen atoms in total. The van der Waals surface area contributed by atoms with Crippen LogP contribution in [0.3, 0.4) is 0 Å². The molecule has 0 aliphatic carbocycles. The highest BCUT2D eigenvalue weighted by Gasteiger charge is 2.11. The van der Waals surface area contributed by atoms with Crippen molar-refractivity contribution in [2.24, 2.45) is 0 Å². The molecule has 6 N–H and O–H groups in total. The van der Waals surface area contributed by atoms with Crippen LogP contribution in [0.5, 0.6) is 23.0 Å². The highest BCUT2D eigenvalue weighted by Crippen LogP contribution is 2.31. The third-order valence-electron chi connectivity index (χ3n) is 6.86. The lowest BCUT2D eigenvalue weighted by Crippen LogP contribution is -2.07. The molecule has 0 aliphatic heterocycles. The van der Waals surface area contributed by atoms with E-state index in [0.29, 0.717) is 40.4 Å². The van der Waals surface area contributed by atoms with Gasteiger partial charge in [-0.3, -0.25) is 9.59 Å². The number of carbonyl (C=O) groups is 2. The van der Waals surface area contributed by atoms with Gasteiger partial charge in [0.1, 0.15) is 23.0 Å². The molecule has 0 heterocycles. The molecule has 4 rings (SSSR count). The number of ketones is 2. The van der Waals surface area contributed by atoms with Crippen molar-refractivity contribution in [2.75, 3.05) is 11.5 Å². The number of ether oxygens (including phenoxy) is 2. The van der Waals surface area contributed by atoms with E-state index in [1.165, 1.54) is 12.2 Å². The molecule has 0 saturated heterocycles. The van der Waals surface area contributed by atoms with Gasteiger partial charge in [-0.2, -0.15) is 0 Å². The number of allylic oxidation sites excluding steroid dienone is 2. The predicted molar refractivity (Wildman–Crippen MR) is 190 cm³/mol. The highest BCUT2D eigenvalue weighted by atomic mass is 16.5. The first kappa shape index (κ1) is 36.0. The Labute approximate surface area is 277 Å². The molecule has 0 bridgehead atoms. The summed E-state index contributed by atoms with van der Waals surface area (Å²) in [6.07, 6.45) is 7.04. The van der Waals surface area contributed by atoms with Gasteiger partial charge in [-0.15, -0.1) is 0 Å². The van der Waals surface area contributed by atoms with Gasteiger partial charge >= 0.3 is 0 Å². The Balaban J connectivity index is 0.000000256. The number of benzene rings is 4. The Kier molecular flexibility index (Phi) is 12.8. The van der Waals surface area contributed by atoms with E-state index in [4.69, 9.17) is 20.9 Å². The molecule has 0 aromatic heterocycles. The molecular weight excluding hydrogens is 592 g/mol. The molecule has 4 aromatic carbocycles. The Bertz CT molecular complexity index is 1740. The van der Waals surface area contributed by atoms with Crippen LogP contribution in [0.25, 0.3) is 12.2 Å². The molecule has 0 fully saturated rings. The number of phenols is 2. The number of nitrogen functional groups attached to an aromatic ring is 2. The predicted octanol–water partition coefficient (Wildman–Crippen LogP) is 8.19. The molecule has 4 aromatic rings. The smallest absolute Gasteiger partial charge is 0.185 e. The van der Waals surface area contributed by atoms with E-state index in [0.717, 1.165) is 22.3 Å². The molecule has 0 saturated carbocycles. The minimum atomic E-state index is -0.119. The minimum Gasteiger partial charge on any atom is -0.508 e. The Morgan fingerprint density at radius 1 is 0.681 bits per heavy atom. The van der Waals surface area contributed by atoms with Crippen LogP contribution in [0.15, 0.2) is 84.9 Å². The summed E-state index contributed by atoms with van der Waals surface area (Å²) in [6.45, 7) is 11.4. The largest absolute Gasteiger partial charge is 0.508 e. The summed E-state index contributed by atoms with van der Waals surface area (Å²) >= 11 is 0. The van der Waals surface area contributed by atoms with Gasteiger partial charge in [0, 0.05) is 45.8 Å². The maximum Gasteiger partial charge on any atom is 0.185 e. The first-order valence-electron chi connectivity index (χ1n) is 15.5. The maximum atomic E-state index is 12.3. The molecule has 246 valence electrons. The molecule has 0 aliphatic rings. The number of aromatic hydroxyl groups is 2. The van der Waals surface area contributed by atoms with Gasteiger partial charge in [0.25, 0.3) is 0 Å². The number of aryl methyl sites for hydroxylation is 2. The van der Waals surface area contributed by atoms with Crippen LogP contribution < -0.4 is 20.9 Å². The van der Waals surface area contributed by atoms with Crippen molar-refractivity contribution in [1.29, 1.82) is 0 Å². The normalized spacial score (nSPS) is 11.1. The van der Waals surface area contributed by atoms with E-state index in [2.05, 4.69) is 0 Å². The van der Waals surface area contributed by atoms with E-state index in [9.17, 15) is 19.8 Å². The summed E-state index contributed by atoms with van der Waals surface area (Å²) < 4.78 is 11.4. The van der Waals surface area contributed by atoms with E-state index >= 15 is 0 Å². The summed E-state index contributed by atoms with van der Waals surface area (Å²) in [7, 11) is 0. The lowest BCUT2D eigenvalue weighted by molar-refractivity contribution is 0.103. The Hall–Kier alpha value is -5.50. The van der Waals surface area contributed by atoms with Gasteiger partial charge in [0.15, 0.2) is 11.6 Å². The van der Waals surface area contributed by atoms with Crippen LogP contribution in [0.4, 0.5) is 11.4 Å². The average Bonchev–Trinajstić information content (AvgIpc) is 3.02. The Morgan fingerprint density at radius 3 is 1.49 bits per heavy atom. The zero-order chi connectivity index (χ0) is 34.7. The monoisotopic (exact) mass is 636 g/mol. The molecule has 0 radical (unpaired) electrons. The topological polar surface area (TPSA) is 145 Å². The van der Waals surface area contributed by atoms with E-state index in [1.54, 1.807) is 85.8 Å².